The summed E-state index contributed by atoms with van der Waals surface area (Å²) in [6.07, 6.45) is 6.67. The van der Waals surface area contributed by atoms with Crippen molar-refractivity contribution in [1.82, 2.24) is 10.3 Å². The van der Waals surface area contributed by atoms with Crippen LogP contribution in [0.2, 0.25) is 0 Å². The molecule has 0 saturated carbocycles. The summed E-state index contributed by atoms with van der Waals surface area (Å²) in [5.74, 6) is 2.99. The molecule has 4 unspecified atom stereocenters. The van der Waals surface area contributed by atoms with Crippen molar-refractivity contribution >= 4 is 16.8 Å². The molecule has 0 bridgehead atoms. The Morgan fingerprint density at radius 3 is 2.67 bits per heavy atom. The van der Waals surface area contributed by atoms with Gasteiger partial charge in [0.2, 0.25) is 5.89 Å². The number of nitrogens with zero attached hydrogens (tertiary/aromatic N) is 1. The van der Waals surface area contributed by atoms with Gasteiger partial charge in [-0.1, -0.05) is 32.4 Å². The first-order valence-electron chi connectivity index (χ1n) is 11.7. The monoisotopic (exact) mass is 407 g/mol. The van der Waals surface area contributed by atoms with Gasteiger partial charge in [0, 0.05) is 23.7 Å². The Morgan fingerprint density at radius 1 is 1.20 bits per heavy atom. The van der Waals surface area contributed by atoms with Crippen molar-refractivity contribution in [2.45, 2.75) is 85.0 Å². The van der Waals surface area contributed by atoms with Gasteiger partial charge >= 0.3 is 0 Å². The maximum atomic E-state index is 8.27. The molecule has 162 valence electrons. The largest absolute Gasteiger partial charge is 0.440 e. The van der Waals surface area contributed by atoms with Crippen LogP contribution in [-0.2, 0) is 6.42 Å². The lowest BCUT2D eigenvalue weighted by Gasteiger charge is -2.42. The Bertz CT molecular complexity index is 996. The van der Waals surface area contributed by atoms with Crippen LogP contribution in [-0.4, -0.2) is 23.8 Å². The van der Waals surface area contributed by atoms with Crippen molar-refractivity contribution in [2.24, 2.45) is 5.92 Å². The Labute approximate surface area is 181 Å². The standard InChI is InChI=1S/C26H37N3O/c1-7-28-13-19(27)12-21-29-25-17(6)23-18(10-14(2)3)11-16(5)20-9-8-15(4)22(24(20)23)26(25)30-21/h10,15-16,18,20,27-28H,7-9,11-13H2,1-6H3. The van der Waals surface area contributed by atoms with Gasteiger partial charge in [0.25, 0.3) is 0 Å². The Kier molecular flexibility index (Phi) is 5.89. The second-order valence-corrected chi connectivity index (χ2v) is 9.86. The minimum Gasteiger partial charge on any atom is -0.440 e. The number of allylic oxidation sites excluding steroid dienone is 2. The molecule has 1 aromatic heterocycles. The molecule has 4 rings (SSSR count). The first-order valence-corrected chi connectivity index (χ1v) is 11.7. The topological polar surface area (TPSA) is 61.9 Å². The molecular formula is C26H37N3O. The maximum absolute atomic E-state index is 8.27. The molecule has 2 aliphatic rings. The van der Waals surface area contributed by atoms with Gasteiger partial charge in [0.1, 0.15) is 5.52 Å². The van der Waals surface area contributed by atoms with Crippen molar-refractivity contribution < 1.29 is 4.42 Å². The van der Waals surface area contributed by atoms with Crippen molar-refractivity contribution in [1.29, 1.82) is 5.41 Å². The van der Waals surface area contributed by atoms with E-state index in [0.717, 1.165) is 17.6 Å². The van der Waals surface area contributed by atoms with E-state index in [1.54, 1.807) is 5.56 Å². The van der Waals surface area contributed by atoms with E-state index in [4.69, 9.17) is 14.8 Å². The smallest absolute Gasteiger partial charge is 0.201 e. The fourth-order valence-corrected chi connectivity index (χ4v) is 5.88. The molecule has 0 saturated heterocycles. The van der Waals surface area contributed by atoms with Crippen LogP contribution in [0.4, 0.5) is 0 Å². The minimum atomic E-state index is 0.469. The summed E-state index contributed by atoms with van der Waals surface area (Å²) in [5, 5.41) is 11.5. The summed E-state index contributed by atoms with van der Waals surface area (Å²) in [5.41, 5.74) is 9.86. The summed E-state index contributed by atoms with van der Waals surface area (Å²) >= 11 is 0. The van der Waals surface area contributed by atoms with Gasteiger partial charge in [-0.05, 0) is 81.0 Å². The Balaban J connectivity index is 1.89. The van der Waals surface area contributed by atoms with Crippen LogP contribution in [0.25, 0.3) is 11.1 Å². The number of nitrogens with one attached hydrogen (secondary N) is 2. The molecule has 0 radical (unpaired) electrons. The van der Waals surface area contributed by atoms with Gasteiger partial charge in [0.05, 0.1) is 6.42 Å². The summed E-state index contributed by atoms with van der Waals surface area (Å²) in [7, 11) is 0. The van der Waals surface area contributed by atoms with Crippen LogP contribution in [0, 0.1) is 18.3 Å². The normalized spacial score (nSPS) is 25.3. The highest BCUT2D eigenvalue weighted by Crippen LogP contribution is 2.55. The first-order chi connectivity index (χ1) is 14.3. The van der Waals surface area contributed by atoms with E-state index in [0.29, 0.717) is 48.2 Å². The fraction of sp³-hybridized carbons (Fsp3) is 0.615. The fourth-order valence-electron chi connectivity index (χ4n) is 5.88. The molecule has 0 aliphatic heterocycles. The highest BCUT2D eigenvalue weighted by molar-refractivity contribution is 5.88. The van der Waals surface area contributed by atoms with Crippen LogP contribution in [0.5, 0.6) is 0 Å². The number of aromatic nitrogens is 1. The molecule has 4 heteroatoms. The third-order valence-electron chi connectivity index (χ3n) is 7.20. The van der Waals surface area contributed by atoms with Gasteiger partial charge < -0.3 is 15.1 Å². The van der Waals surface area contributed by atoms with Crippen molar-refractivity contribution in [2.75, 3.05) is 13.1 Å². The molecule has 1 aromatic carbocycles. The van der Waals surface area contributed by atoms with E-state index in [1.165, 1.54) is 41.5 Å². The summed E-state index contributed by atoms with van der Waals surface area (Å²) in [6.45, 7) is 15.0. The van der Waals surface area contributed by atoms with Crippen LogP contribution < -0.4 is 5.32 Å². The van der Waals surface area contributed by atoms with Gasteiger partial charge in [-0.3, -0.25) is 0 Å². The molecule has 30 heavy (non-hydrogen) atoms. The predicted molar refractivity (Wildman–Crippen MR) is 125 cm³/mol. The molecule has 4 nitrogen and oxygen atoms in total. The molecule has 2 aromatic rings. The lowest BCUT2D eigenvalue weighted by molar-refractivity contribution is 0.332. The number of fused-ring (bicyclic) bond motifs is 2. The van der Waals surface area contributed by atoms with Gasteiger partial charge in [-0.25, -0.2) is 4.98 Å². The highest BCUT2D eigenvalue weighted by atomic mass is 16.3. The third kappa shape index (κ3) is 3.64. The van der Waals surface area contributed by atoms with E-state index in [-0.39, 0.29) is 0 Å². The third-order valence-corrected chi connectivity index (χ3v) is 7.20. The van der Waals surface area contributed by atoms with Gasteiger partial charge in [0.15, 0.2) is 5.58 Å². The number of oxazole rings is 1. The van der Waals surface area contributed by atoms with Crippen LogP contribution in [0.15, 0.2) is 16.1 Å². The maximum Gasteiger partial charge on any atom is 0.201 e. The molecule has 0 spiro atoms. The molecule has 2 N–H and O–H groups in total. The van der Waals surface area contributed by atoms with E-state index >= 15 is 0 Å². The zero-order valence-electron chi connectivity index (χ0n) is 19.5. The van der Waals surface area contributed by atoms with E-state index in [1.807, 2.05) is 0 Å². The van der Waals surface area contributed by atoms with Crippen LogP contribution >= 0.6 is 0 Å². The first kappa shape index (κ1) is 21.3. The summed E-state index contributed by atoms with van der Waals surface area (Å²) in [4.78, 5) is 4.94. The highest BCUT2D eigenvalue weighted by Gasteiger charge is 2.40. The summed E-state index contributed by atoms with van der Waals surface area (Å²) in [6, 6.07) is 0. The molecule has 2 aliphatic carbocycles. The van der Waals surface area contributed by atoms with E-state index < -0.39 is 0 Å². The molecule has 4 atom stereocenters. The number of benzene rings is 1. The van der Waals surface area contributed by atoms with Crippen molar-refractivity contribution in [3.8, 4) is 0 Å². The Morgan fingerprint density at radius 2 is 1.97 bits per heavy atom. The SMILES string of the molecule is CCNCC(=N)Cc1nc2c(C)c3c4c(c2o1)C(C)CCC4C(C)CC3C=C(C)C. The zero-order chi connectivity index (χ0) is 21.6. The van der Waals surface area contributed by atoms with Gasteiger partial charge in [-0.2, -0.15) is 0 Å². The lowest BCUT2D eigenvalue weighted by atomic mass is 9.62. The number of hydrogen-bond acceptors (Lipinski definition) is 4. The quantitative estimate of drug-likeness (QED) is 0.431. The predicted octanol–water partition coefficient (Wildman–Crippen LogP) is 6.38. The van der Waals surface area contributed by atoms with E-state index in [9.17, 15) is 0 Å². The summed E-state index contributed by atoms with van der Waals surface area (Å²) < 4.78 is 6.40. The van der Waals surface area contributed by atoms with Gasteiger partial charge in [-0.15, -0.1) is 0 Å². The number of aryl methyl sites for hydroxylation is 1. The van der Waals surface area contributed by atoms with E-state index in [2.05, 4.69) is 52.9 Å². The molecule has 0 amide bonds. The number of rotatable bonds is 6. The second-order valence-electron chi connectivity index (χ2n) is 9.86. The molecular weight excluding hydrogens is 370 g/mol. The van der Waals surface area contributed by atoms with Crippen LogP contribution in [0.3, 0.4) is 0 Å². The zero-order valence-corrected chi connectivity index (χ0v) is 19.5. The van der Waals surface area contributed by atoms with Crippen molar-refractivity contribution in [3.63, 3.8) is 0 Å². The average Bonchev–Trinajstić information content (AvgIpc) is 3.09. The second kappa shape index (κ2) is 8.30. The number of hydrogen-bond donors (Lipinski definition) is 2. The van der Waals surface area contributed by atoms with Crippen LogP contribution in [0.1, 0.15) is 99.8 Å². The van der Waals surface area contributed by atoms with Crippen molar-refractivity contribution in [3.05, 3.63) is 39.8 Å². The average molecular weight is 408 g/mol. The Hall–Kier alpha value is -1.94. The molecule has 0 fully saturated rings. The minimum absolute atomic E-state index is 0.469. The molecule has 1 heterocycles. The lowest BCUT2D eigenvalue weighted by Crippen LogP contribution is -2.28.